The van der Waals surface area contributed by atoms with E-state index in [0.29, 0.717) is 18.5 Å². The second kappa shape index (κ2) is 7.16. The van der Waals surface area contributed by atoms with Crippen LogP contribution in [0, 0.1) is 6.42 Å². The number of benzene rings is 1. The summed E-state index contributed by atoms with van der Waals surface area (Å²) in [5.74, 6) is -2.25. The standard InChI is InChI=1S/C17H19N2O6S/c18-17(22)12-4-2-1-3-11(12)10-26(23,24)8-6-15(21)19-7-5-14-16(19)13(20)9-25-14/h1-4,6,14,16H,5,7-10H2,(H2,18,22). The molecule has 26 heavy (non-hydrogen) atoms. The lowest BCUT2D eigenvalue weighted by Crippen LogP contribution is -2.42. The number of nitrogens with zero attached hydrogens (tertiary/aromatic N) is 1. The minimum Gasteiger partial charge on any atom is -0.368 e. The molecule has 0 aliphatic carbocycles. The van der Waals surface area contributed by atoms with E-state index in [4.69, 9.17) is 10.5 Å². The van der Waals surface area contributed by atoms with Crippen molar-refractivity contribution >= 4 is 27.4 Å². The number of nitrogens with two attached hydrogens (primary N) is 1. The van der Waals surface area contributed by atoms with E-state index in [1.807, 2.05) is 0 Å². The first-order chi connectivity index (χ1) is 12.3. The molecule has 2 aliphatic rings. The Bertz CT molecular complexity index is 851. The number of hydrogen-bond donors (Lipinski definition) is 1. The number of primary amides is 1. The van der Waals surface area contributed by atoms with E-state index in [-0.39, 0.29) is 24.1 Å². The molecule has 9 heteroatoms. The number of carbonyl (C=O) groups is 3. The van der Waals surface area contributed by atoms with Gasteiger partial charge in [0.1, 0.15) is 12.6 Å². The molecule has 0 aromatic heterocycles. The molecule has 2 aliphatic heterocycles. The first-order valence-corrected chi connectivity index (χ1v) is 9.97. The van der Waals surface area contributed by atoms with Gasteiger partial charge >= 0.3 is 0 Å². The molecule has 1 aromatic carbocycles. The fourth-order valence-corrected chi connectivity index (χ4v) is 4.58. The number of ether oxygens (including phenoxy) is 1. The molecular weight excluding hydrogens is 360 g/mol. The van der Waals surface area contributed by atoms with Gasteiger partial charge in [0.05, 0.1) is 24.0 Å². The maximum atomic E-state index is 12.3. The van der Waals surface area contributed by atoms with Gasteiger partial charge < -0.3 is 15.4 Å². The van der Waals surface area contributed by atoms with Crippen molar-refractivity contribution in [3.8, 4) is 0 Å². The minimum absolute atomic E-state index is 0.0126. The first kappa shape index (κ1) is 18.5. The van der Waals surface area contributed by atoms with Gasteiger partial charge in [-0.1, -0.05) is 18.2 Å². The van der Waals surface area contributed by atoms with Gasteiger partial charge in [-0.3, -0.25) is 14.4 Å². The van der Waals surface area contributed by atoms with Gasteiger partial charge in [-0.05, 0) is 18.1 Å². The summed E-state index contributed by atoms with van der Waals surface area (Å²) in [6, 6.07) is 5.56. The van der Waals surface area contributed by atoms with Crippen molar-refractivity contribution in [3.63, 3.8) is 0 Å². The first-order valence-electron chi connectivity index (χ1n) is 8.15. The van der Waals surface area contributed by atoms with Crippen LogP contribution in [0.4, 0.5) is 0 Å². The smallest absolute Gasteiger partial charge is 0.249 e. The second-order valence-electron chi connectivity index (χ2n) is 6.36. The molecule has 3 rings (SSSR count). The van der Waals surface area contributed by atoms with Crippen molar-refractivity contribution in [2.45, 2.75) is 24.3 Å². The van der Waals surface area contributed by atoms with Crippen molar-refractivity contribution in [3.05, 3.63) is 41.8 Å². The lowest BCUT2D eigenvalue weighted by Gasteiger charge is -2.21. The fraction of sp³-hybridized carbons (Fsp3) is 0.412. The van der Waals surface area contributed by atoms with E-state index in [1.165, 1.54) is 17.0 Å². The molecule has 2 saturated heterocycles. The van der Waals surface area contributed by atoms with E-state index < -0.39 is 39.2 Å². The number of likely N-dealkylation sites (tertiary alicyclic amines) is 1. The van der Waals surface area contributed by atoms with Gasteiger partial charge in [-0.25, -0.2) is 8.42 Å². The van der Waals surface area contributed by atoms with Gasteiger partial charge in [0.2, 0.25) is 11.8 Å². The summed E-state index contributed by atoms with van der Waals surface area (Å²) in [4.78, 5) is 36.9. The Morgan fingerprint density at radius 1 is 1.31 bits per heavy atom. The molecular formula is C17H19N2O6S. The minimum atomic E-state index is -3.68. The van der Waals surface area contributed by atoms with E-state index in [2.05, 4.69) is 0 Å². The van der Waals surface area contributed by atoms with Crippen LogP contribution in [0.3, 0.4) is 0 Å². The van der Waals surface area contributed by atoms with Crippen LogP contribution >= 0.6 is 0 Å². The zero-order chi connectivity index (χ0) is 18.9. The number of sulfone groups is 1. The SMILES string of the molecule is NC(=O)c1ccccc1CS(=O)(=O)C[CH]C(=O)N1CCC2OCC(=O)C21. The monoisotopic (exact) mass is 379 g/mol. The number of rotatable bonds is 6. The average Bonchev–Trinajstić information content (AvgIpc) is 3.16. The van der Waals surface area contributed by atoms with E-state index in [9.17, 15) is 22.8 Å². The van der Waals surface area contributed by atoms with Gasteiger partial charge in [0.25, 0.3) is 0 Å². The summed E-state index contributed by atoms with van der Waals surface area (Å²) in [6.07, 6.45) is 1.34. The summed E-state index contributed by atoms with van der Waals surface area (Å²) < 4.78 is 30.0. The highest BCUT2D eigenvalue weighted by Crippen LogP contribution is 2.27. The predicted octanol–water partition coefficient (Wildman–Crippen LogP) is -0.527. The maximum Gasteiger partial charge on any atom is 0.249 e. The number of amides is 2. The van der Waals surface area contributed by atoms with Crippen LogP contribution in [0.25, 0.3) is 0 Å². The number of Topliss-reactive ketones (excluding diaryl/α,β-unsaturated/α-hetero) is 1. The van der Waals surface area contributed by atoms with E-state index in [1.54, 1.807) is 12.1 Å². The Kier molecular flexibility index (Phi) is 5.10. The molecule has 2 amide bonds. The summed E-state index contributed by atoms with van der Waals surface area (Å²) in [5.41, 5.74) is 5.69. The predicted molar refractivity (Wildman–Crippen MR) is 91.6 cm³/mol. The molecule has 2 heterocycles. The van der Waals surface area contributed by atoms with Crippen LogP contribution in [-0.2, 0) is 29.9 Å². The molecule has 139 valence electrons. The Morgan fingerprint density at radius 2 is 2.04 bits per heavy atom. The van der Waals surface area contributed by atoms with Crippen LogP contribution in [0.2, 0.25) is 0 Å². The quantitative estimate of drug-likeness (QED) is 0.709. The molecule has 1 radical (unpaired) electrons. The third-order valence-corrected chi connectivity index (χ3v) is 5.99. The molecule has 0 spiro atoms. The largest absolute Gasteiger partial charge is 0.368 e. The highest BCUT2D eigenvalue weighted by molar-refractivity contribution is 7.90. The lowest BCUT2D eigenvalue weighted by molar-refractivity contribution is -0.133. The molecule has 2 fully saturated rings. The molecule has 1 aromatic rings. The summed E-state index contributed by atoms with van der Waals surface area (Å²) in [7, 11) is -3.68. The van der Waals surface area contributed by atoms with Gasteiger partial charge in [-0.2, -0.15) is 0 Å². The van der Waals surface area contributed by atoms with Gasteiger partial charge in [0.15, 0.2) is 15.6 Å². The zero-order valence-electron chi connectivity index (χ0n) is 14.0. The Hall–Kier alpha value is -2.26. The molecule has 2 unspecified atom stereocenters. The van der Waals surface area contributed by atoms with Crippen molar-refractivity contribution in [2.75, 3.05) is 18.9 Å². The number of ketones is 1. The lowest BCUT2D eigenvalue weighted by atomic mass is 10.1. The Balaban J connectivity index is 1.63. The fourth-order valence-electron chi connectivity index (χ4n) is 3.34. The second-order valence-corrected chi connectivity index (χ2v) is 8.47. The molecule has 2 N–H and O–H groups in total. The van der Waals surface area contributed by atoms with Crippen molar-refractivity contribution in [1.82, 2.24) is 4.90 Å². The van der Waals surface area contributed by atoms with Gasteiger partial charge in [-0.15, -0.1) is 0 Å². The summed E-state index contributed by atoms with van der Waals surface area (Å²) in [5, 5.41) is 0. The van der Waals surface area contributed by atoms with E-state index >= 15 is 0 Å². The number of hydrogen-bond acceptors (Lipinski definition) is 6. The topological polar surface area (TPSA) is 124 Å². The molecule has 2 atom stereocenters. The van der Waals surface area contributed by atoms with E-state index in [0.717, 1.165) is 6.42 Å². The summed E-state index contributed by atoms with van der Waals surface area (Å²) in [6.45, 7) is 0.349. The average molecular weight is 379 g/mol. The van der Waals surface area contributed by atoms with Crippen LogP contribution in [0.15, 0.2) is 24.3 Å². The maximum absolute atomic E-state index is 12.3. The third-order valence-electron chi connectivity index (χ3n) is 4.57. The van der Waals surface area contributed by atoms with Gasteiger partial charge in [0, 0.05) is 12.1 Å². The van der Waals surface area contributed by atoms with Crippen LogP contribution in [-0.4, -0.2) is 62.0 Å². The summed E-state index contributed by atoms with van der Waals surface area (Å²) >= 11 is 0. The normalized spacial score (nSPS) is 22.5. The van der Waals surface area contributed by atoms with Crippen molar-refractivity contribution in [1.29, 1.82) is 0 Å². The highest BCUT2D eigenvalue weighted by Gasteiger charge is 2.46. The van der Waals surface area contributed by atoms with Crippen LogP contribution < -0.4 is 5.73 Å². The molecule has 8 nitrogen and oxygen atoms in total. The van der Waals surface area contributed by atoms with Crippen LogP contribution in [0.5, 0.6) is 0 Å². The van der Waals surface area contributed by atoms with Crippen molar-refractivity contribution in [2.24, 2.45) is 5.73 Å². The Morgan fingerprint density at radius 3 is 2.77 bits per heavy atom. The number of fused-ring (bicyclic) bond motifs is 1. The Labute approximate surface area is 151 Å². The third kappa shape index (κ3) is 3.78. The highest BCUT2D eigenvalue weighted by atomic mass is 32.2. The molecule has 0 saturated carbocycles. The zero-order valence-corrected chi connectivity index (χ0v) is 14.8. The number of carbonyl (C=O) groups excluding carboxylic acids is 3. The van der Waals surface area contributed by atoms with Crippen molar-refractivity contribution < 1.29 is 27.5 Å². The molecule has 0 bridgehead atoms. The van der Waals surface area contributed by atoms with Crippen LogP contribution in [0.1, 0.15) is 22.3 Å².